The first kappa shape index (κ1) is 15.0. The molecule has 2 heterocycles. The van der Waals surface area contributed by atoms with Gasteiger partial charge in [0.25, 0.3) is 0 Å². The molecule has 2 aliphatic heterocycles. The van der Waals surface area contributed by atoms with E-state index >= 15 is 0 Å². The van der Waals surface area contributed by atoms with Crippen molar-refractivity contribution in [3.8, 4) is 0 Å². The standard InChI is InChI=1S/C17H22N2O3/c20-16-10-14(17(21)22)12-19(16)15-6-8-18(9-7-15)11-13-4-2-1-3-5-13/h1-5,14-15H,6-12H2,(H,21,22). The maximum absolute atomic E-state index is 12.0. The third-order valence-corrected chi connectivity index (χ3v) is 4.75. The van der Waals surface area contributed by atoms with Crippen molar-refractivity contribution in [3.05, 3.63) is 35.9 Å². The molecule has 0 radical (unpaired) electrons. The van der Waals surface area contributed by atoms with Crippen molar-refractivity contribution >= 4 is 11.9 Å². The van der Waals surface area contributed by atoms with Gasteiger partial charge in [0.1, 0.15) is 0 Å². The van der Waals surface area contributed by atoms with Gasteiger partial charge < -0.3 is 10.0 Å². The molecular formula is C17H22N2O3. The molecule has 5 heteroatoms. The highest BCUT2D eigenvalue weighted by molar-refractivity contribution is 5.86. The van der Waals surface area contributed by atoms with Crippen LogP contribution in [0.25, 0.3) is 0 Å². The molecule has 0 saturated carbocycles. The Morgan fingerprint density at radius 1 is 1.18 bits per heavy atom. The predicted octanol–water partition coefficient (Wildman–Crippen LogP) is 1.58. The molecule has 1 N–H and O–H groups in total. The number of carboxylic acids is 1. The van der Waals surface area contributed by atoms with Gasteiger partial charge in [0, 0.05) is 38.6 Å². The van der Waals surface area contributed by atoms with Crippen LogP contribution >= 0.6 is 0 Å². The molecule has 2 fully saturated rings. The molecular weight excluding hydrogens is 280 g/mol. The highest BCUT2D eigenvalue weighted by atomic mass is 16.4. The number of hydrogen-bond donors (Lipinski definition) is 1. The first-order valence-electron chi connectivity index (χ1n) is 7.92. The summed E-state index contributed by atoms with van der Waals surface area (Å²) in [5.74, 6) is -1.36. The second kappa shape index (κ2) is 6.48. The summed E-state index contributed by atoms with van der Waals surface area (Å²) in [6.45, 7) is 3.25. The van der Waals surface area contributed by atoms with E-state index in [2.05, 4.69) is 29.2 Å². The SMILES string of the molecule is O=C(O)C1CC(=O)N(C2CCN(Cc3ccccc3)CC2)C1. The molecule has 0 aliphatic carbocycles. The molecule has 22 heavy (non-hydrogen) atoms. The molecule has 2 aliphatic rings. The van der Waals surface area contributed by atoms with E-state index in [1.54, 1.807) is 4.90 Å². The Kier molecular flexibility index (Phi) is 4.43. The average molecular weight is 302 g/mol. The number of rotatable bonds is 4. The van der Waals surface area contributed by atoms with E-state index in [0.29, 0.717) is 6.54 Å². The van der Waals surface area contributed by atoms with Crippen molar-refractivity contribution in [1.29, 1.82) is 0 Å². The van der Waals surface area contributed by atoms with Crippen LogP contribution in [-0.2, 0) is 16.1 Å². The van der Waals surface area contributed by atoms with Crippen LogP contribution in [0.15, 0.2) is 30.3 Å². The smallest absolute Gasteiger partial charge is 0.308 e. The molecule has 1 unspecified atom stereocenters. The normalized spacial score (nSPS) is 23.9. The van der Waals surface area contributed by atoms with E-state index in [0.717, 1.165) is 32.5 Å². The molecule has 0 bridgehead atoms. The van der Waals surface area contributed by atoms with Crippen molar-refractivity contribution in [1.82, 2.24) is 9.80 Å². The Balaban J connectivity index is 1.52. The summed E-state index contributed by atoms with van der Waals surface area (Å²) in [5.41, 5.74) is 1.31. The lowest BCUT2D eigenvalue weighted by atomic mass is 10.0. The molecule has 3 rings (SSSR count). The Bertz CT molecular complexity index is 538. The van der Waals surface area contributed by atoms with Crippen LogP contribution in [0.5, 0.6) is 0 Å². The van der Waals surface area contributed by atoms with E-state index < -0.39 is 11.9 Å². The summed E-state index contributed by atoms with van der Waals surface area (Å²) in [5, 5.41) is 9.07. The minimum atomic E-state index is -0.850. The van der Waals surface area contributed by atoms with Crippen molar-refractivity contribution < 1.29 is 14.7 Å². The third-order valence-electron chi connectivity index (χ3n) is 4.75. The van der Waals surface area contributed by atoms with Crippen LogP contribution in [0, 0.1) is 5.92 Å². The average Bonchev–Trinajstić information content (AvgIpc) is 2.91. The second-order valence-corrected chi connectivity index (χ2v) is 6.28. The number of carbonyl (C=O) groups excluding carboxylic acids is 1. The zero-order chi connectivity index (χ0) is 15.5. The van der Waals surface area contributed by atoms with Crippen LogP contribution in [-0.4, -0.2) is 52.5 Å². The fourth-order valence-corrected chi connectivity index (χ4v) is 3.48. The number of hydrogen-bond acceptors (Lipinski definition) is 3. The number of carbonyl (C=O) groups is 2. The first-order valence-corrected chi connectivity index (χ1v) is 7.92. The number of benzene rings is 1. The van der Waals surface area contributed by atoms with Gasteiger partial charge in [0.2, 0.25) is 5.91 Å². The fraction of sp³-hybridized carbons (Fsp3) is 0.529. The van der Waals surface area contributed by atoms with E-state index in [1.165, 1.54) is 5.56 Å². The molecule has 1 aromatic rings. The Morgan fingerprint density at radius 2 is 1.86 bits per heavy atom. The fourth-order valence-electron chi connectivity index (χ4n) is 3.48. The van der Waals surface area contributed by atoms with Crippen LogP contribution in [0.4, 0.5) is 0 Å². The van der Waals surface area contributed by atoms with Crippen molar-refractivity contribution in [2.24, 2.45) is 5.92 Å². The molecule has 1 aromatic carbocycles. The minimum absolute atomic E-state index is 0.00825. The Labute approximate surface area is 130 Å². The predicted molar refractivity (Wildman–Crippen MR) is 82.2 cm³/mol. The van der Waals surface area contributed by atoms with Crippen LogP contribution in [0.1, 0.15) is 24.8 Å². The van der Waals surface area contributed by atoms with E-state index in [4.69, 9.17) is 5.11 Å². The van der Waals surface area contributed by atoms with E-state index in [9.17, 15) is 9.59 Å². The Morgan fingerprint density at radius 3 is 2.45 bits per heavy atom. The number of nitrogens with zero attached hydrogens (tertiary/aromatic N) is 2. The van der Waals surface area contributed by atoms with Gasteiger partial charge in [-0.15, -0.1) is 0 Å². The lowest BCUT2D eigenvalue weighted by molar-refractivity contribution is -0.141. The molecule has 1 amide bonds. The number of aliphatic carboxylic acids is 1. The minimum Gasteiger partial charge on any atom is -0.481 e. The van der Waals surface area contributed by atoms with Crippen LogP contribution < -0.4 is 0 Å². The molecule has 0 spiro atoms. The van der Waals surface area contributed by atoms with E-state index in [1.807, 2.05) is 6.07 Å². The van der Waals surface area contributed by atoms with Gasteiger partial charge >= 0.3 is 5.97 Å². The summed E-state index contributed by atoms with van der Waals surface area (Å²) in [6, 6.07) is 10.6. The topological polar surface area (TPSA) is 60.9 Å². The van der Waals surface area contributed by atoms with Gasteiger partial charge in [0.15, 0.2) is 0 Å². The highest BCUT2D eigenvalue weighted by Crippen LogP contribution is 2.26. The number of amides is 1. The van der Waals surface area contributed by atoms with Crippen LogP contribution in [0.2, 0.25) is 0 Å². The molecule has 118 valence electrons. The molecule has 5 nitrogen and oxygen atoms in total. The summed E-state index contributed by atoms with van der Waals surface area (Å²) >= 11 is 0. The molecule has 0 aromatic heterocycles. The van der Waals surface area contributed by atoms with Crippen LogP contribution in [0.3, 0.4) is 0 Å². The highest BCUT2D eigenvalue weighted by Gasteiger charge is 2.38. The number of likely N-dealkylation sites (tertiary alicyclic amines) is 2. The van der Waals surface area contributed by atoms with Gasteiger partial charge in [-0.3, -0.25) is 14.5 Å². The van der Waals surface area contributed by atoms with Gasteiger partial charge in [-0.05, 0) is 18.4 Å². The number of carboxylic acid groups (broad SMARTS) is 1. The molecule has 1 atom stereocenters. The van der Waals surface area contributed by atoms with Crippen molar-refractivity contribution in [2.75, 3.05) is 19.6 Å². The maximum atomic E-state index is 12.0. The van der Waals surface area contributed by atoms with Gasteiger partial charge in [-0.25, -0.2) is 0 Å². The Hall–Kier alpha value is -1.88. The quantitative estimate of drug-likeness (QED) is 0.917. The molecule has 2 saturated heterocycles. The maximum Gasteiger partial charge on any atom is 0.308 e. The van der Waals surface area contributed by atoms with Crippen molar-refractivity contribution in [2.45, 2.75) is 31.8 Å². The zero-order valence-corrected chi connectivity index (χ0v) is 12.6. The largest absolute Gasteiger partial charge is 0.481 e. The van der Waals surface area contributed by atoms with Gasteiger partial charge in [-0.1, -0.05) is 30.3 Å². The van der Waals surface area contributed by atoms with Crippen molar-refractivity contribution in [3.63, 3.8) is 0 Å². The zero-order valence-electron chi connectivity index (χ0n) is 12.6. The summed E-state index contributed by atoms with van der Waals surface area (Å²) in [6.07, 6.45) is 2.04. The van der Waals surface area contributed by atoms with Gasteiger partial charge in [-0.2, -0.15) is 0 Å². The summed E-state index contributed by atoms with van der Waals surface area (Å²) in [7, 11) is 0. The monoisotopic (exact) mass is 302 g/mol. The lowest BCUT2D eigenvalue weighted by Crippen LogP contribution is -2.45. The number of piperidine rings is 1. The van der Waals surface area contributed by atoms with Gasteiger partial charge in [0.05, 0.1) is 5.92 Å². The summed E-state index contributed by atoms with van der Waals surface area (Å²) < 4.78 is 0. The van der Waals surface area contributed by atoms with E-state index in [-0.39, 0.29) is 18.4 Å². The summed E-state index contributed by atoms with van der Waals surface area (Å²) in [4.78, 5) is 27.3. The first-order chi connectivity index (χ1) is 10.6. The second-order valence-electron chi connectivity index (χ2n) is 6.28. The third kappa shape index (κ3) is 3.30. The lowest BCUT2D eigenvalue weighted by Gasteiger charge is -2.36.